The lowest BCUT2D eigenvalue weighted by Gasteiger charge is -2.38. The second-order valence-corrected chi connectivity index (χ2v) is 6.34. The molecule has 1 fully saturated rings. The normalized spacial score (nSPS) is 20.4. The summed E-state index contributed by atoms with van der Waals surface area (Å²) in [5.41, 5.74) is 0.860. The summed E-state index contributed by atoms with van der Waals surface area (Å²) in [4.78, 5) is 34.1. The zero-order valence-electron chi connectivity index (χ0n) is 14.8. The fraction of sp³-hybridized carbons (Fsp3) is 0.471. The summed E-state index contributed by atoms with van der Waals surface area (Å²) in [5, 5.41) is 2.91. The van der Waals surface area contributed by atoms with Gasteiger partial charge in [-0.25, -0.2) is 9.97 Å². The minimum Gasteiger partial charge on any atom is -0.357 e. The van der Waals surface area contributed by atoms with Gasteiger partial charge in [0.2, 0.25) is 11.9 Å². The summed E-state index contributed by atoms with van der Waals surface area (Å²) in [6, 6.07) is 0. The highest BCUT2D eigenvalue weighted by atomic mass is 16.2. The molecule has 0 radical (unpaired) electrons. The summed E-state index contributed by atoms with van der Waals surface area (Å²) >= 11 is 0. The summed E-state index contributed by atoms with van der Waals surface area (Å²) in [6.07, 6.45) is 10.2. The molecule has 1 amide bonds. The maximum absolute atomic E-state index is 13.1. The fourth-order valence-corrected chi connectivity index (χ4v) is 3.40. The van der Waals surface area contributed by atoms with Gasteiger partial charge in [-0.1, -0.05) is 0 Å². The Morgan fingerprint density at radius 1 is 1.24 bits per heavy atom. The highest BCUT2D eigenvalue weighted by Crippen LogP contribution is 2.40. The monoisotopic (exact) mass is 341 g/mol. The van der Waals surface area contributed by atoms with Gasteiger partial charge in [0.1, 0.15) is 5.54 Å². The Morgan fingerprint density at radius 2 is 2.00 bits per heavy atom. The van der Waals surface area contributed by atoms with Crippen LogP contribution in [0.5, 0.6) is 0 Å². The van der Waals surface area contributed by atoms with Gasteiger partial charge in [-0.05, 0) is 19.4 Å². The molecule has 0 bridgehead atoms. The van der Waals surface area contributed by atoms with Crippen LogP contribution < -0.4 is 5.32 Å². The van der Waals surface area contributed by atoms with Gasteiger partial charge in [0.15, 0.2) is 0 Å². The third-order valence-electron chi connectivity index (χ3n) is 4.56. The minimum absolute atomic E-state index is 0.0262. The number of anilines is 1. The Labute approximate surface area is 147 Å². The van der Waals surface area contributed by atoms with Crippen LogP contribution in [-0.2, 0) is 16.9 Å². The van der Waals surface area contributed by atoms with E-state index in [2.05, 4.69) is 30.2 Å². The molecule has 25 heavy (non-hydrogen) atoms. The zero-order chi connectivity index (χ0) is 17.9. The van der Waals surface area contributed by atoms with Gasteiger partial charge in [0.05, 0.1) is 11.9 Å². The zero-order valence-corrected chi connectivity index (χ0v) is 14.8. The first-order chi connectivity index (χ1) is 12.1. The van der Waals surface area contributed by atoms with Gasteiger partial charge in [-0.2, -0.15) is 0 Å². The molecule has 3 heterocycles. The smallest absolute Gasteiger partial charge is 0.248 e. The number of carbonyl (C=O) groups is 1. The average Bonchev–Trinajstić information content (AvgIpc) is 3.06. The minimum atomic E-state index is -0.792. The molecule has 1 N–H and O–H groups in total. The second-order valence-electron chi connectivity index (χ2n) is 6.34. The first-order valence-electron chi connectivity index (χ1n) is 8.30. The number of rotatable bonds is 5. The van der Waals surface area contributed by atoms with E-state index in [1.165, 1.54) is 0 Å². The Bertz CT molecular complexity index is 720. The Balaban J connectivity index is 1.96. The van der Waals surface area contributed by atoms with Crippen molar-refractivity contribution in [3.63, 3.8) is 0 Å². The van der Waals surface area contributed by atoms with Gasteiger partial charge in [0.25, 0.3) is 0 Å². The molecule has 0 saturated carbocycles. The van der Waals surface area contributed by atoms with E-state index in [0.717, 1.165) is 24.9 Å². The van der Waals surface area contributed by atoms with Crippen LogP contribution in [0.1, 0.15) is 24.1 Å². The number of carbonyl (C=O) groups excluding carboxylic acids is 1. The van der Waals surface area contributed by atoms with Crippen LogP contribution in [0.25, 0.3) is 0 Å². The molecular formula is C17H23N7O. The lowest BCUT2D eigenvalue weighted by molar-refractivity contribution is -0.141. The summed E-state index contributed by atoms with van der Waals surface area (Å²) in [6.45, 7) is 1.39. The van der Waals surface area contributed by atoms with E-state index in [0.29, 0.717) is 18.2 Å². The van der Waals surface area contributed by atoms with E-state index in [-0.39, 0.29) is 5.91 Å². The van der Waals surface area contributed by atoms with Crippen LogP contribution in [0.4, 0.5) is 5.95 Å². The van der Waals surface area contributed by atoms with Gasteiger partial charge in [-0.15, -0.1) is 0 Å². The number of hydrogen-bond donors (Lipinski definition) is 1. The molecule has 132 valence electrons. The van der Waals surface area contributed by atoms with Crippen LogP contribution >= 0.6 is 0 Å². The van der Waals surface area contributed by atoms with Gasteiger partial charge in [-0.3, -0.25) is 19.7 Å². The largest absolute Gasteiger partial charge is 0.357 e. The van der Waals surface area contributed by atoms with Gasteiger partial charge in [0, 0.05) is 58.0 Å². The predicted octanol–water partition coefficient (Wildman–Crippen LogP) is 0.888. The maximum atomic E-state index is 13.1. The molecule has 0 spiro atoms. The molecule has 0 aromatic carbocycles. The number of nitrogens with one attached hydrogen (secondary N) is 1. The molecule has 1 atom stereocenters. The van der Waals surface area contributed by atoms with E-state index >= 15 is 0 Å². The summed E-state index contributed by atoms with van der Waals surface area (Å²) in [7, 11) is 5.34. The third-order valence-corrected chi connectivity index (χ3v) is 4.56. The molecule has 1 unspecified atom stereocenters. The van der Waals surface area contributed by atoms with Crippen molar-refractivity contribution in [1.29, 1.82) is 0 Å². The number of likely N-dealkylation sites (N-methyl/N-ethyl adjacent to an activating group) is 1. The molecule has 1 aliphatic rings. The van der Waals surface area contributed by atoms with Gasteiger partial charge < -0.3 is 10.2 Å². The quantitative estimate of drug-likeness (QED) is 0.864. The molecule has 8 nitrogen and oxygen atoms in total. The molecule has 8 heteroatoms. The lowest BCUT2D eigenvalue weighted by Crippen LogP contribution is -2.52. The van der Waals surface area contributed by atoms with Crippen molar-refractivity contribution in [2.24, 2.45) is 0 Å². The molecule has 0 aliphatic carbocycles. The maximum Gasteiger partial charge on any atom is 0.248 e. The van der Waals surface area contributed by atoms with E-state index < -0.39 is 5.54 Å². The number of aromatic nitrogens is 4. The van der Waals surface area contributed by atoms with Crippen molar-refractivity contribution >= 4 is 11.9 Å². The highest BCUT2D eigenvalue weighted by molar-refractivity contribution is 5.87. The molecule has 2 aromatic heterocycles. The third kappa shape index (κ3) is 3.17. The standard InChI is InChI=1S/C17H23N7O/c1-18-16-21-9-13(10-22-16)12-24-8-4-5-17(24,15(25)23(2)3)14-11-19-6-7-20-14/h6-7,9-11H,4-5,8,12H2,1-3H3,(H,18,21,22). The van der Waals surface area contributed by atoms with Crippen LogP contribution in [0, 0.1) is 0 Å². The van der Waals surface area contributed by atoms with Crippen molar-refractivity contribution < 1.29 is 4.79 Å². The van der Waals surface area contributed by atoms with Crippen LogP contribution in [0.3, 0.4) is 0 Å². The average molecular weight is 341 g/mol. The van der Waals surface area contributed by atoms with Crippen molar-refractivity contribution in [2.75, 3.05) is 33.0 Å². The van der Waals surface area contributed by atoms with Crippen molar-refractivity contribution in [3.05, 3.63) is 42.2 Å². The van der Waals surface area contributed by atoms with E-state index in [1.54, 1.807) is 57.0 Å². The fourth-order valence-electron chi connectivity index (χ4n) is 3.40. The highest BCUT2D eigenvalue weighted by Gasteiger charge is 2.50. The summed E-state index contributed by atoms with van der Waals surface area (Å²) < 4.78 is 0. The Morgan fingerprint density at radius 3 is 2.60 bits per heavy atom. The number of amides is 1. The van der Waals surface area contributed by atoms with Crippen molar-refractivity contribution in [3.8, 4) is 0 Å². The lowest BCUT2D eigenvalue weighted by atomic mass is 9.90. The van der Waals surface area contributed by atoms with Crippen LogP contribution in [-0.4, -0.2) is 63.3 Å². The molecule has 1 saturated heterocycles. The van der Waals surface area contributed by atoms with E-state index in [1.807, 2.05) is 0 Å². The first kappa shape index (κ1) is 17.2. The topological polar surface area (TPSA) is 87.1 Å². The SMILES string of the molecule is CNc1ncc(CN2CCCC2(C(=O)N(C)C)c2cnccn2)cn1. The Kier molecular flexibility index (Phi) is 4.89. The second kappa shape index (κ2) is 7.10. The molecule has 3 rings (SSSR count). The van der Waals surface area contributed by atoms with E-state index in [4.69, 9.17) is 0 Å². The first-order valence-corrected chi connectivity index (χ1v) is 8.30. The molecule has 1 aliphatic heterocycles. The molecular weight excluding hydrogens is 318 g/mol. The van der Waals surface area contributed by atoms with Crippen LogP contribution in [0.2, 0.25) is 0 Å². The number of nitrogens with zero attached hydrogens (tertiary/aromatic N) is 6. The summed E-state index contributed by atoms with van der Waals surface area (Å²) in [5.74, 6) is 0.605. The predicted molar refractivity (Wildman–Crippen MR) is 93.6 cm³/mol. The Hall–Kier alpha value is -2.61. The van der Waals surface area contributed by atoms with Crippen molar-refractivity contribution in [1.82, 2.24) is 29.7 Å². The molecule has 2 aromatic rings. The number of likely N-dealkylation sites (tertiary alicyclic amines) is 1. The van der Waals surface area contributed by atoms with Crippen molar-refractivity contribution in [2.45, 2.75) is 24.9 Å². The van der Waals surface area contributed by atoms with Crippen LogP contribution in [0.15, 0.2) is 31.0 Å². The van der Waals surface area contributed by atoms with Gasteiger partial charge >= 0.3 is 0 Å². The number of hydrogen-bond acceptors (Lipinski definition) is 7. The van der Waals surface area contributed by atoms with E-state index in [9.17, 15) is 4.79 Å².